The maximum Gasteiger partial charge on any atom is 0.185 e. The van der Waals surface area contributed by atoms with Crippen molar-refractivity contribution in [2.24, 2.45) is 0 Å². The zero-order valence-electron chi connectivity index (χ0n) is 13.3. The monoisotopic (exact) mass is 444 g/mol. The summed E-state index contributed by atoms with van der Waals surface area (Å²) in [7, 11) is 0. The van der Waals surface area contributed by atoms with Gasteiger partial charge in [-0.05, 0) is 73.2 Å². The lowest BCUT2D eigenvalue weighted by Gasteiger charge is -2.06. The highest BCUT2D eigenvalue weighted by molar-refractivity contribution is 9.10. The second-order valence-corrected chi connectivity index (χ2v) is 7.82. The van der Waals surface area contributed by atoms with E-state index in [0.717, 1.165) is 56.9 Å². The maximum absolute atomic E-state index is 13.0. The first-order valence-electron chi connectivity index (χ1n) is 8.09. The van der Waals surface area contributed by atoms with Crippen molar-refractivity contribution in [2.45, 2.75) is 25.7 Å². The van der Waals surface area contributed by atoms with E-state index in [4.69, 9.17) is 0 Å². The predicted molar refractivity (Wildman–Crippen MR) is 108 cm³/mol. The summed E-state index contributed by atoms with van der Waals surface area (Å²) in [4.78, 5) is 13.0. The highest BCUT2D eigenvalue weighted by Crippen LogP contribution is 2.28. The van der Waals surface area contributed by atoms with Crippen LogP contribution in [0.2, 0.25) is 0 Å². The number of hydrogen-bond acceptors (Lipinski definition) is 1. The quantitative estimate of drug-likeness (QED) is 0.366. The molecule has 2 aromatic carbocycles. The zero-order chi connectivity index (χ0) is 16.9. The van der Waals surface area contributed by atoms with Gasteiger partial charge in [-0.15, -0.1) is 0 Å². The van der Waals surface area contributed by atoms with E-state index in [1.807, 2.05) is 60.7 Å². The van der Waals surface area contributed by atoms with Crippen LogP contribution >= 0.6 is 31.9 Å². The molecule has 1 saturated carbocycles. The minimum absolute atomic E-state index is 0.187. The largest absolute Gasteiger partial charge is 0.289 e. The van der Waals surface area contributed by atoms with Crippen molar-refractivity contribution >= 4 is 49.8 Å². The van der Waals surface area contributed by atoms with E-state index in [2.05, 4.69) is 31.9 Å². The molecule has 0 amide bonds. The number of allylic oxidation sites excluding steroid dienone is 2. The van der Waals surface area contributed by atoms with Crippen molar-refractivity contribution in [2.75, 3.05) is 0 Å². The average molecular weight is 446 g/mol. The highest BCUT2D eigenvalue weighted by Gasteiger charge is 2.18. The summed E-state index contributed by atoms with van der Waals surface area (Å²) >= 11 is 6.98. The number of halogens is 2. The van der Waals surface area contributed by atoms with Gasteiger partial charge in [0.05, 0.1) is 0 Å². The number of carbonyl (C=O) groups is 1. The van der Waals surface area contributed by atoms with E-state index in [1.54, 1.807) is 0 Å². The van der Waals surface area contributed by atoms with Crippen LogP contribution < -0.4 is 0 Å². The van der Waals surface area contributed by atoms with Crippen molar-refractivity contribution in [1.82, 2.24) is 0 Å². The number of Topliss-reactive ketones (excluding diaryl/α,β-unsaturated/α-hetero) is 1. The smallest absolute Gasteiger partial charge is 0.185 e. The van der Waals surface area contributed by atoms with Crippen molar-refractivity contribution in [3.63, 3.8) is 0 Å². The molecule has 0 atom stereocenters. The Morgan fingerprint density at radius 1 is 0.750 bits per heavy atom. The van der Waals surface area contributed by atoms with Gasteiger partial charge in [0, 0.05) is 20.1 Å². The van der Waals surface area contributed by atoms with E-state index in [1.165, 1.54) is 0 Å². The molecule has 0 aromatic heterocycles. The molecule has 3 rings (SSSR count). The zero-order valence-corrected chi connectivity index (χ0v) is 16.4. The molecule has 0 radical (unpaired) electrons. The molecule has 1 aliphatic carbocycles. The minimum Gasteiger partial charge on any atom is -0.289 e. The number of hydrogen-bond donors (Lipinski definition) is 0. The van der Waals surface area contributed by atoms with Gasteiger partial charge in [0.15, 0.2) is 5.78 Å². The van der Waals surface area contributed by atoms with Gasteiger partial charge in [-0.25, -0.2) is 0 Å². The molecule has 1 fully saturated rings. The standard InChI is InChI=1S/C21H18Br2O/c22-19-9-3-5-15(13-19)11-17-7-1-2-8-18(21(17)24)12-16-6-4-10-20(23)14-16/h3-6,9-14H,1-2,7-8H2/b17-11+,18-12+. The van der Waals surface area contributed by atoms with E-state index in [-0.39, 0.29) is 5.78 Å². The van der Waals surface area contributed by atoms with Gasteiger partial charge in [0.2, 0.25) is 0 Å². The number of ketones is 1. The lowest BCUT2D eigenvalue weighted by atomic mass is 9.98. The normalized spacial score (nSPS) is 18.8. The second-order valence-electron chi connectivity index (χ2n) is 5.99. The van der Waals surface area contributed by atoms with Crippen LogP contribution in [0.25, 0.3) is 12.2 Å². The molecular formula is C21H18Br2O. The summed E-state index contributed by atoms with van der Waals surface area (Å²) in [5, 5.41) is 0. The third-order valence-electron chi connectivity index (χ3n) is 4.10. The van der Waals surface area contributed by atoms with Crippen LogP contribution in [0.3, 0.4) is 0 Å². The van der Waals surface area contributed by atoms with E-state index in [9.17, 15) is 4.79 Å². The Bertz CT molecular complexity index is 751. The molecule has 0 bridgehead atoms. The minimum atomic E-state index is 0.187. The second kappa shape index (κ2) is 8.09. The molecule has 2 aromatic rings. The SMILES string of the molecule is O=C1/C(=C/c2cccc(Br)c2)CCCC/C1=C\c1cccc(Br)c1. The molecule has 0 saturated heterocycles. The van der Waals surface area contributed by atoms with Crippen LogP contribution in [0.1, 0.15) is 36.8 Å². The lowest BCUT2D eigenvalue weighted by molar-refractivity contribution is -0.112. The van der Waals surface area contributed by atoms with Gasteiger partial charge in [-0.1, -0.05) is 56.1 Å². The van der Waals surface area contributed by atoms with Crippen molar-refractivity contribution in [3.8, 4) is 0 Å². The Morgan fingerprint density at radius 2 is 1.21 bits per heavy atom. The lowest BCUT2D eigenvalue weighted by Crippen LogP contribution is -2.03. The molecule has 24 heavy (non-hydrogen) atoms. The average Bonchev–Trinajstić information content (AvgIpc) is 2.71. The third kappa shape index (κ3) is 4.55. The topological polar surface area (TPSA) is 17.1 Å². The molecular weight excluding hydrogens is 428 g/mol. The van der Waals surface area contributed by atoms with Gasteiger partial charge in [0.25, 0.3) is 0 Å². The number of carbonyl (C=O) groups excluding carboxylic acids is 1. The summed E-state index contributed by atoms with van der Waals surface area (Å²) in [6, 6.07) is 16.1. The van der Waals surface area contributed by atoms with Crippen LogP contribution in [0.4, 0.5) is 0 Å². The highest BCUT2D eigenvalue weighted by atomic mass is 79.9. The molecule has 0 unspecified atom stereocenters. The molecule has 1 aliphatic rings. The predicted octanol–water partition coefficient (Wildman–Crippen LogP) is 6.82. The third-order valence-corrected chi connectivity index (χ3v) is 5.09. The van der Waals surface area contributed by atoms with Crippen LogP contribution in [-0.2, 0) is 4.79 Å². The Morgan fingerprint density at radius 3 is 1.62 bits per heavy atom. The Balaban J connectivity index is 1.93. The van der Waals surface area contributed by atoms with Crippen molar-refractivity contribution < 1.29 is 4.79 Å². The molecule has 0 N–H and O–H groups in total. The molecule has 3 heteroatoms. The van der Waals surface area contributed by atoms with Crippen LogP contribution in [0.5, 0.6) is 0 Å². The van der Waals surface area contributed by atoms with Gasteiger partial charge in [-0.2, -0.15) is 0 Å². The van der Waals surface area contributed by atoms with E-state index < -0.39 is 0 Å². The van der Waals surface area contributed by atoms with E-state index in [0.29, 0.717) is 0 Å². The summed E-state index contributed by atoms with van der Waals surface area (Å²) in [5.41, 5.74) is 3.95. The van der Waals surface area contributed by atoms with Gasteiger partial charge in [0.1, 0.15) is 0 Å². The van der Waals surface area contributed by atoms with Crippen LogP contribution in [0.15, 0.2) is 68.6 Å². The first-order chi connectivity index (χ1) is 11.6. The van der Waals surface area contributed by atoms with Crippen molar-refractivity contribution in [1.29, 1.82) is 0 Å². The Hall–Kier alpha value is -1.45. The molecule has 122 valence electrons. The molecule has 0 heterocycles. The summed E-state index contributed by atoms with van der Waals surface area (Å²) in [5.74, 6) is 0.187. The fraction of sp³-hybridized carbons (Fsp3) is 0.190. The van der Waals surface area contributed by atoms with Crippen LogP contribution in [-0.4, -0.2) is 5.78 Å². The van der Waals surface area contributed by atoms with Gasteiger partial charge in [-0.3, -0.25) is 4.79 Å². The summed E-state index contributed by atoms with van der Waals surface area (Å²) in [6.07, 6.45) is 7.88. The van der Waals surface area contributed by atoms with Gasteiger partial charge >= 0.3 is 0 Å². The first kappa shape index (κ1) is 17.4. The van der Waals surface area contributed by atoms with E-state index >= 15 is 0 Å². The fourth-order valence-corrected chi connectivity index (χ4v) is 3.77. The summed E-state index contributed by atoms with van der Waals surface area (Å²) < 4.78 is 2.06. The fourth-order valence-electron chi connectivity index (χ4n) is 2.93. The van der Waals surface area contributed by atoms with Gasteiger partial charge < -0.3 is 0 Å². The summed E-state index contributed by atoms with van der Waals surface area (Å²) in [6.45, 7) is 0. The molecule has 0 aliphatic heterocycles. The molecule has 1 nitrogen and oxygen atoms in total. The first-order valence-corrected chi connectivity index (χ1v) is 9.67. The number of benzene rings is 2. The Labute approximate surface area is 159 Å². The maximum atomic E-state index is 13.0. The number of rotatable bonds is 2. The molecule has 0 spiro atoms. The Kier molecular flexibility index (Phi) is 5.85. The van der Waals surface area contributed by atoms with Crippen molar-refractivity contribution in [3.05, 3.63) is 79.7 Å². The van der Waals surface area contributed by atoms with Crippen LogP contribution in [0, 0.1) is 0 Å².